The summed E-state index contributed by atoms with van der Waals surface area (Å²) >= 11 is 0. The third-order valence-corrected chi connectivity index (χ3v) is 3.49. The minimum absolute atomic E-state index is 0.0692. The number of phenols is 1. The average Bonchev–Trinajstić information content (AvgIpc) is 2.54. The van der Waals surface area contributed by atoms with Crippen LogP contribution in [0.1, 0.15) is 33.2 Å². The topological polar surface area (TPSA) is 69.6 Å². The van der Waals surface area contributed by atoms with Gasteiger partial charge in [-0.15, -0.1) is 0 Å². The zero-order valence-electron chi connectivity index (χ0n) is 13.5. The lowest BCUT2D eigenvalue weighted by Gasteiger charge is -2.12. The molecule has 0 atom stereocenters. The molecular formula is C18H20N2O3. The van der Waals surface area contributed by atoms with Gasteiger partial charge in [0.25, 0.3) is 11.8 Å². The second-order valence-corrected chi connectivity index (χ2v) is 5.44. The van der Waals surface area contributed by atoms with Gasteiger partial charge in [-0.3, -0.25) is 9.59 Å². The summed E-state index contributed by atoms with van der Waals surface area (Å²) in [5.74, 6) is -0.621. The maximum Gasteiger partial charge on any atom is 0.259 e. The third-order valence-electron chi connectivity index (χ3n) is 3.49. The summed E-state index contributed by atoms with van der Waals surface area (Å²) in [6.07, 6.45) is 0.771. The number of aromatic hydroxyl groups is 1. The first-order valence-electron chi connectivity index (χ1n) is 7.37. The Balaban J connectivity index is 2.24. The molecule has 2 aromatic carbocycles. The highest BCUT2D eigenvalue weighted by Crippen LogP contribution is 2.21. The van der Waals surface area contributed by atoms with Crippen LogP contribution in [-0.4, -0.2) is 35.9 Å². The predicted molar refractivity (Wildman–Crippen MR) is 89.9 cm³/mol. The molecule has 0 saturated heterocycles. The van der Waals surface area contributed by atoms with Gasteiger partial charge in [0.05, 0.1) is 5.56 Å². The van der Waals surface area contributed by atoms with Gasteiger partial charge in [0.15, 0.2) is 0 Å². The maximum absolute atomic E-state index is 12.4. The minimum Gasteiger partial charge on any atom is -0.507 e. The molecule has 0 heterocycles. The van der Waals surface area contributed by atoms with E-state index in [4.69, 9.17) is 0 Å². The van der Waals surface area contributed by atoms with Crippen LogP contribution in [0.25, 0.3) is 0 Å². The Kier molecular flexibility index (Phi) is 5.01. The Morgan fingerprint density at radius 2 is 1.87 bits per heavy atom. The molecule has 2 rings (SSSR count). The van der Waals surface area contributed by atoms with Crippen LogP contribution in [0.3, 0.4) is 0 Å². The van der Waals surface area contributed by atoms with E-state index in [-0.39, 0.29) is 17.2 Å². The van der Waals surface area contributed by atoms with E-state index in [9.17, 15) is 14.7 Å². The summed E-state index contributed by atoms with van der Waals surface area (Å²) in [6, 6.07) is 11.7. The van der Waals surface area contributed by atoms with Gasteiger partial charge in [0.1, 0.15) is 5.75 Å². The quantitative estimate of drug-likeness (QED) is 0.912. The predicted octanol–water partition coefficient (Wildman–Crippen LogP) is 2.91. The highest BCUT2D eigenvalue weighted by atomic mass is 16.3. The molecule has 23 heavy (non-hydrogen) atoms. The summed E-state index contributed by atoms with van der Waals surface area (Å²) in [5, 5.41) is 12.6. The van der Waals surface area contributed by atoms with E-state index in [0.29, 0.717) is 11.3 Å². The largest absolute Gasteiger partial charge is 0.507 e. The van der Waals surface area contributed by atoms with Crippen molar-refractivity contribution in [2.75, 3.05) is 19.4 Å². The van der Waals surface area contributed by atoms with Gasteiger partial charge in [-0.25, -0.2) is 0 Å². The maximum atomic E-state index is 12.4. The molecule has 120 valence electrons. The zero-order valence-corrected chi connectivity index (χ0v) is 13.5. The number of benzene rings is 2. The van der Waals surface area contributed by atoms with Gasteiger partial charge < -0.3 is 15.3 Å². The third kappa shape index (κ3) is 3.88. The van der Waals surface area contributed by atoms with Crippen LogP contribution < -0.4 is 5.32 Å². The average molecular weight is 312 g/mol. The van der Waals surface area contributed by atoms with Gasteiger partial charge in [-0.05, 0) is 42.3 Å². The number of rotatable bonds is 4. The lowest BCUT2D eigenvalue weighted by molar-refractivity contribution is 0.0827. The molecule has 0 bridgehead atoms. The fourth-order valence-electron chi connectivity index (χ4n) is 2.17. The summed E-state index contributed by atoms with van der Waals surface area (Å²) in [5.41, 5.74) is 2.17. The van der Waals surface area contributed by atoms with E-state index in [2.05, 4.69) is 5.32 Å². The minimum atomic E-state index is -0.410. The fraction of sp³-hybridized carbons (Fsp3) is 0.222. The second-order valence-electron chi connectivity index (χ2n) is 5.44. The van der Waals surface area contributed by atoms with Crippen LogP contribution in [0, 0.1) is 0 Å². The van der Waals surface area contributed by atoms with E-state index in [0.717, 1.165) is 12.0 Å². The van der Waals surface area contributed by atoms with E-state index < -0.39 is 5.91 Å². The molecule has 0 fully saturated rings. The molecule has 5 heteroatoms. The number of hydrogen-bond acceptors (Lipinski definition) is 3. The van der Waals surface area contributed by atoms with E-state index >= 15 is 0 Å². The molecule has 0 aliphatic carbocycles. The van der Waals surface area contributed by atoms with Gasteiger partial charge in [-0.1, -0.05) is 19.1 Å². The van der Waals surface area contributed by atoms with Crippen LogP contribution in [0.2, 0.25) is 0 Å². The monoisotopic (exact) mass is 312 g/mol. The van der Waals surface area contributed by atoms with Crippen molar-refractivity contribution < 1.29 is 14.7 Å². The Labute approximate surface area is 135 Å². The molecule has 0 aliphatic heterocycles. The van der Waals surface area contributed by atoms with Crippen molar-refractivity contribution in [3.63, 3.8) is 0 Å². The summed E-state index contributed by atoms with van der Waals surface area (Å²) in [6.45, 7) is 1.98. The summed E-state index contributed by atoms with van der Waals surface area (Å²) in [4.78, 5) is 25.8. The molecule has 0 spiro atoms. The van der Waals surface area contributed by atoms with Gasteiger partial charge >= 0.3 is 0 Å². The van der Waals surface area contributed by atoms with Crippen molar-refractivity contribution in [3.8, 4) is 5.75 Å². The summed E-state index contributed by atoms with van der Waals surface area (Å²) in [7, 11) is 3.34. The Morgan fingerprint density at radius 3 is 2.52 bits per heavy atom. The lowest BCUT2D eigenvalue weighted by Crippen LogP contribution is -2.22. The van der Waals surface area contributed by atoms with Crippen LogP contribution in [0.15, 0.2) is 42.5 Å². The summed E-state index contributed by atoms with van der Waals surface area (Å²) < 4.78 is 0. The molecule has 0 radical (unpaired) electrons. The van der Waals surface area contributed by atoms with Crippen molar-refractivity contribution in [1.82, 2.24) is 4.90 Å². The number of nitrogens with one attached hydrogen (secondary N) is 1. The number of carbonyl (C=O) groups excluding carboxylic acids is 2. The first kappa shape index (κ1) is 16.5. The molecule has 2 aromatic rings. The SMILES string of the molecule is CCc1ccc(O)c(C(=O)Nc2cccc(C(=O)N(C)C)c2)c1. The van der Waals surface area contributed by atoms with Crippen molar-refractivity contribution in [1.29, 1.82) is 0 Å². The van der Waals surface area contributed by atoms with Crippen molar-refractivity contribution in [2.45, 2.75) is 13.3 Å². The first-order chi connectivity index (χ1) is 10.9. The van der Waals surface area contributed by atoms with Crippen LogP contribution in [0.4, 0.5) is 5.69 Å². The molecule has 0 aromatic heterocycles. The highest BCUT2D eigenvalue weighted by Gasteiger charge is 2.13. The van der Waals surface area contributed by atoms with Crippen LogP contribution >= 0.6 is 0 Å². The van der Waals surface area contributed by atoms with Crippen molar-refractivity contribution >= 4 is 17.5 Å². The van der Waals surface area contributed by atoms with Crippen molar-refractivity contribution in [2.24, 2.45) is 0 Å². The standard InChI is InChI=1S/C18H20N2O3/c1-4-12-8-9-16(21)15(10-12)17(22)19-14-7-5-6-13(11-14)18(23)20(2)3/h5-11,21H,4H2,1-3H3,(H,19,22). The normalized spacial score (nSPS) is 10.2. The van der Waals surface area contributed by atoms with Gasteiger partial charge in [0, 0.05) is 25.3 Å². The molecular weight excluding hydrogens is 292 g/mol. The molecule has 0 saturated carbocycles. The van der Waals surface area contributed by atoms with E-state index in [1.54, 1.807) is 50.5 Å². The molecule has 0 unspecified atom stereocenters. The highest BCUT2D eigenvalue weighted by molar-refractivity contribution is 6.06. The second kappa shape index (κ2) is 6.96. The molecule has 0 aliphatic rings. The van der Waals surface area contributed by atoms with Crippen LogP contribution in [-0.2, 0) is 6.42 Å². The van der Waals surface area contributed by atoms with Crippen LogP contribution in [0.5, 0.6) is 5.75 Å². The zero-order chi connectivity index (χ0) is 17.0. The lowest BCUT2D eigenvalue weighted by atomic mass is 10.1. The van der Waals surface area contributed by atoms with Crippen molar-refractivity contribution in [3.05, 3.63) is 59.2 Å². The molecule has 5 nitrogen and oxygen atoms in total. The number of anilines is 1. The Bertz CT molecular complexity index is 739. The fourth-order valence-corrected chi connectivity index (χ4v) is 2.17. The number of phenolic OH excluding ortho intramolecular Hbond substituents is 1. The Hall–Kier alpha value is -2.82. The first-order valence-corrected chi connectivity index (χ1v) is 7.37. The smallest absolute Gasteiger partial charge is 0.259 e. The van der Waals surface area contributed by atoms with Gasteiger partial charge in [-0.2, -0.15) is 0 Å². The number of carbonyl (C=O) groups is 2. The molecule has 2 amide bonds. The number of nitrogens with zero attached hydrogens (tertiary/aromatic N) is 1. The van der Waals surface area contributed by atoms with E-state index in [1.165, 1.54) is 11.0 Å². The number of aryl methyl sites for hydroxylation is 1. The number of amides is 2. The Morgan fingerprint density at radius 1 is 1.13 bits per heavy atom. The van der Waals surface area contributed by atoms with E-state index in [1.807, 2.05) is 6.92 Å². The number of hydrogen-bond donors (Lipinski definition) is 2. The van der Waals surface area contributed by atoms with Gasteiger partial charge in [0.2, 0.25) is 0 Å². The molecule has 2 N–H and O–H groups in total.